The first-order valence-electron chi connectivity index (χ1n) is 10.2. The maximum atomic E-state index is 3.59. The first kappa shape index (κ1) is 18.2. The molecule has 4 nitrogen and oxygen atoms in total. The molecule has 0 aromatic rings. The highest BCUT2D eigenvalue weighted by atomic mass is 15.4. The summed E-state index contributed by atoms with van der Waals surface area (Å²) in [6, 6.07) is 0.535. The van der Waals surface area contributed by atoms with Crippen LogP contribution < -0.4 is 16.2 Å². The van der Waals surface area contributed by atoms with Crippen LogP contribution in [0.3, 0.4) is 0 Å². The van der Waals surface area contributed by atoms with Crippen LogP contribution in [0.4, 0.5) is 0 Å². The average Bonchev–Trinajstić information content (AvgIpc) is 3.04. The summed E-state index contributed by atoms with van der Waals surface area (Å²) >= 11 is 0. The monoisotopic (exact) mass is 334 g/mol. The predicted octanol–water partition coefficient (Wildman–Crippen LogP) is 2.88. The van der Waals surface area contributed by atoms with Gasteiger partial charge in [0.25, 0.3) is 0 Å². The Kier molecular flexibility index (Phi) is 6.22. The van der Waals surface area contributed by atoms with Crippen molar-refractivity contribution in [3.8, 4) is 0 Å². The first-order valence-corrected chi connectivity index (χ1v) is 10.2. The van der Waals surface area contributed by atoms with E-state index in [0.29, 0.717) is 11.5 Å². The Bertz CT molecular complexity index is 427. The minimum atomic E-state index is 0.535. The van der Waals surface area contributed by atoms with Gasteiger partial charge in [-0.15, -0.1) is 0 Å². The Labute approximate surface area is 148 Å². The van der Waals surface area contributed by atoms with E-state index >= 15 is 0 Å². The van der Waals surface area contributed by atoms with Crippen LogP contribution in [0.25, 0.3) is 0 Å². The number of nitrogens with zero attached hydrogens (tertiary/aromatic N) is 1. The van der Waals surface area contributed by atoms with E-state index in [0.717, 1.165) is 31.5 Å². The fraction of sp³-hybridized carbons (Fsp3) is 0.900. The molecule has 2 saturated carbocycles. The summed E-state index contributed by atoms with van der Waals surface area (Å²) in [7, 11) is 4.26. The lowest BCUT2D eigenvalue weighted by molar-refractivity contribution is 0.0212. The largest absolute Gasteiger partial charge is 0.328 e. The van der Waals surface area contributed by atoms with E-state index in [9.17, 15) is 0 Å². The summed E-state index contributed by atoms with van der Waals surface area (Å²) in [6.45, 7) is 5.76. The summed E-state index contributed by atoms with van der Waals surface area (Å²) in [5.41, 5.74) is 9.12. The van der Waals surface area contributed by atoms with Crippen LogP contribution in [0, 0.1) is 17.3 Å². The van der Waals surface area contributed by atoms with Gasteiger partial charge in [-0.3, -0.25) is 0 Å². The van der Waals surface area contributed by atoms with Crippen molar-refractivity contribution < 1.29 is 0 Å². The average molecular weight is 335 g/mol. The predicted molar refractivity (Wildman–Crippen MR) is 102 cm³/mol. The third kappa shape index (κ3) is 3.97. The molecule has 24 heavy (non-hydrogen) atoms. The van der Waals surface area contributed by atoms with Gasteiger partial charge in [-0.2, -0.15) is 0 Å². The summed E-state index contributed by atoms with van der Waals surface area (Å²) in [5.74, 6) is 1.73. The molecule has 3 atom stereocenters. The molecule has 0 saturated heterocycles. The third-order valence-corrected chi connectivity index (χ3v) is 7.10. The Morgan fingerprint density at radius 3 is 2.79 bits per heavy atom. The Hall–Kier alpha value is -0.580. The Morgan fingerprint density at radius 1 is 1.25 bits per heavy atom. The molecule has 4 heteroatoms. The molecular weight excluding hydrogens is 296 g/mol. The van der Waals surface area contributed by atoms with Crippen molar-refractivity contribution in [1.29, 1.82) is 0 Å². The van der Waals surface area contributed by atoms with Gasteiger partial charge < -0.3 is 15.6 Å². The van der Waals surface area contributed by atoms with E-state index in [1.807, 2.05) is 7.05 Å². The second-order valence-corrected chi connectivity index (χ2v) is 8.69. The molecule has 1 spiro atoms. The molecule has 3 rings (SSSR count). The van der Waals surface area contributed by atoms with E-state index < -0.39 is 0 Å². The zero-order chi connectivity index (χ0) is 17.0. The summed E-state index contributed by atoms with van der Waals surface area (Å²) < 4.78 is 0. The SMILES string of the molecule is CNCCN(C)CC1=CNNC1[C@@H]1CC[C@@H](C)C2(CCCCC2)C1. The normalized spacial score (nSPS) is 32.8. The Balaban J connectivity index is 1.61. The molecule has 0 radical (unpaired) electrons. The van der Waals surface area contributed by atoms with Gasteiger partial charge in [0.05, 0.1) is 6.04 Å². The van der Waals surface area contributed by atoms with E-state index in [1.165, 1.54) is 51.4 Å². The molecule has 3 N–H and O–H groups in total. The van der Waals surface area contributed by atoms with Crippen molar-refractivity contribution in [2.24, 2.45) is 17.3 Å². The Morgan fingerprint density at radius 2 is 2.04 bits per heavy atom. The van der Waals surface area contributed by atoms with Gasteiger partial charge in [-0.05, 0) is 69.0 Å². The van der Waals surface area contributed by atoms with Gasteiger partial charge >= 0.3 is 0 Å². The zero-order valence-electron chi connectivity index (χ0n) is 16.0. The standard InChI is InChI=1S/C20H38N4/c1-16-7-8-17(13-20(16)9-5-4-6-10-20)19-18(14-22-23-19)15-24(3)12-11-21-2/h14,16-17,19,21-23H,4-13,15H2,1-3H3/t16-,17-,19?/m1/s1. The van der Waals surface area contributed by atoms with Gasteiger partial charge in [0.15, 0.2) is 0 Å². The molecule has 2 fully saturated rings. The number of rotatable bonds is 6. The second-order valence-electron chi connectivity index (χ2n) is 8.69. The highest BCUT2D eigenvalue weighted by molar-refractivity contribution is 5.18. The molecule has 1 unspecified atom stereocenters. The van der Waals surface area contributed by atoms with E-state index in [-0.39, 0.29) is 0 Å². The number of hydrogen-bond acceptors (Lipinski definition) is 4. The maximum absolute atomic E-state index is 3.59. The lowest BCUT2D eigenvalue weighted by atomic mass is 9.56. The topological polar surface area (TPSA) is 39.3 Å². The molecule has 0 amide bonds. The lowest BCUT2D eigenvalue weighted by Crippen LogP contribution is -2.46. The van der Waals surface area contributed by atoms with Crippen LogP contribution in [-0.2, 0) is 0 Å². The smallest absolute Gasteiger partial charge is 0.0527 e. The molecular formula is C20H38N4. The summed E-state index contributed by atoms with van der Waals surface area (Å²) in [4.78, 5) is 2.44. The quantitative estimate of drug-likeness (QED) is 0.698. The maximum Gasteiger partial charge on any atom is 0.0527 e. The van der Waals surface area contributed by atoms with Gasteiger partial charge in [-0.25, -0.2) is 5.43 Å². The van der Waals surface area contributed by atoms with Crippen LogP contribution in [0.15, 0.2) is 11.8 Å². The van der Waals surface area contributed by atoms with Crippen molar-refractivity contribution in [1.82, 2.24) is 21.1 Å². The van der Waals surface area contributed by atoms with Gasteiger partial charge in [-0.1, -0.05) is 26.2 Å². The molecule has 0 bridgehead atoms. The fourth-order valence-corrected chi connectivity index (χ4v) is 5.50. The van der Waals surface area contributed by atoms with E-state index in [4.69, 9.17) is 0 Å². The van der Waals surface area contributed by atoms with Gasteiger partial charge in [0, 0.05) is 25.8 Å². The van der Waals surface area contributed by atoms with Crippen LogP contribution in [0.5, 0.6) is 0 Å². The highest BCUT2D eigenvalue weighted by Gasteiger charge is 2.45. The van der Waals surface area contributed by atoms with Gasteiger partial charge in [0.2, 0.25) is 0 Å². The molecule has 3 aliphatic rings. The molecule has 138 valence electrons. The van der Waals surface area contributed by atoms with Gasteiger partial charge in [0.1, 0.15) is 0 Å². The minimum Gasteiger partial charge on any atom is -0.328 e. The number of nitrogens with one attached hydrogen (secondary N) is 3. The minimum absolute atomic E-state index is 0.535. The van der Waals surface area contributed by atoms with Crippen molar-refractivity contribution in [2.75, 3.05) is 33.7 Å². The second kappa shape index (κ2) is 8.20. The molecule has 1 heterocycles. The van der Waals surface area contributed by atoms with Crippen molar-refractivity contribution in [3.05, 3.63) is 11.8 Å². The van der Waals surface area contributed by atoms with E-state index in [1.54, 1.807) is 5.57 Å². The molecule has 2 aliphatic carbocycles. The number of hydrogen-bond donors (Lipinski definition) is 3. The first-order chi connectivity index (χ1) is 11.6. The van der Waals surface area contributed by atoms with Crippen LogP contribution in [0.2, 0.25) is 0 Å². The third-order valence-electron chi connectivity index (χ3n) is 7.10. The summed E-state index contributed by atoms with van der Waals surface area (Å²) in [5, 5.41) is 3.25. The van der Waals surface area contributed by atoms with E-state index in [2.05, 4.69) is 41.2 Å². The van der Waals surface area contributed by atoms with Crippen LogP contribution >= 0.6 is 0 Å². The summed E-state index contributed by atoms with van der Waals surface area (Å²) in [6.07, 6.45) is 13.8. The van der Waals surface area contributed by atoms with Crippen molar-refractivity contribution in [3.63, 3.8) is 0 Å². The number of hydrazine groups is 1. The van der Waals surface area contributed by atoms with Crippen LogP contribution in [-0.4, -0.2) is 44.7 Å². The number of likely N-dealkylation sites (N-methyl/N-ethyl adjacent to an activating group) is 2. The lowest BCUT2D eigenvalue weighted by Gasteiger charge is -2.50. The van der Waals surface area contributed by atoms with Crippen molar-refractivity contribution in [2.45, 2.75) is 64.3 Å². The van der Waals surface area contributed by atoms with Crippen molar-refractivity contribution >= 4 is 0 Å². The fourth-order valence-electron chi connectivity index (χ4n) is 5.50. The molecule has 0 aromatic heterocycles. The zero-order valence-corrected chi connectivity index (χ0v) is 16.0. The highest BCUT2D eigenvalue weighted by Crippen LogP contribution is 2.53. The molecule has 1 aliphatic heterocycles. The van der Waals surface area contributed by atoms with Crippen LogP contribution in [0.1, 0.15) is 58.3 Å². The molecule has 0 aromatic carbocycles.